The van der Waals surface area contributed by atoms with Gasteiger partial charge in [0, 0.05) is 24.7 Å². The zero-order valence-electron chi connectivity index (χ0n) is 11.6. The summed E-state index contributed by atoms with van der Waals surface area (Å²) in [4.78, 5) is 12.8. The Morgan fingerprint density at radius 3 is 2.71 bits per heavy atom. The summed E-state index contributed by atoms with van der Waals surface area (Å²) in [6, 6.07) is 14.0. The van der Waals surface area contributed by atoms with E-state index in [-0.39, 0.29) is 5.78 Å². The Morgan fingerprint density at radius 2 is 1.95 bits per heavy atom. The van der Waals surface area contributed by atoms with E-state index in [0.29, 0.717) is 6.42 Å². The lowest BCUT2D eigenvalue weighted by molar-refractivity contribution is 0.0982. The number of thiophene rings is 1. The second-order valence-corrected chi connectivity index (χ2v) is 5.81. The van der Waals surface area contributed by atoms with E-state index in [1.165, 1.54) is 16.9 Å². The standard InChI is InChI=1S/C17H16N2OS/c20-16(17-9-5-11-21-17)8-4-10-19-13-15(12-18-19)14-6-2-1-3-7-14/h1-3,5-7,9,11-13H,4,8,10H2. The zero-order chi connectivity index (χ0) is 14.5. The number of carbonyl (C=O) groups excluding carboxylic acids is 1. The summed E-state index contributed by atoms with van der Waals surface area (Å²) >= 11 is 1.51. The van der Waals surface area contributed by atoms with E-state index in [4.69, 9.17) is 0 Å². The lowest BCUT2D eigenvalue weighted by Crippen LogP contribution is -2.02. The monoisotopic (exact) mass is 296 g/mol. The number of benzene rings is 1. The topological polar surface area (TPSA) is 34.9 Å². The quantitative estimate of drug-likeness (QED) is 0.636. The van der Waals surface area contributed by atoms with Crippen molar-refractivity contribution in [3.8, 4) is 11.1 Å². The summed E-state index contributed by atoms with van der Waals surface area (Å²) in [6.45, 7) is 0.768. The van der Waals surface area contributed by atoms with Crippen LogP contribution in [0.5, 0.6) is 0 Å². The van der Waals surface area contributed by atoms with Crippen molar-refractivity contribution in [2.45, 2.75) is 19.4 Å². The minimum Gasteiger partial charge on any atom is -0.293 e. The van der Waals surface area contributed by atoms with Crippen LogP contribution in [0, 0.1) is 0 Å². The van der Waals surface area contributed by atoms with Gasteiger partial charge >= 0.3 is 0 Å². The third-order valence-corrected chi connectivity index (χ3v) is 4.24. The molecule has 3 nitrogen and oxygen atoms in total. The third kappa shape index (κ3) is 3.47. The highest BCUT2D eigenvalue weighted by Crippen LogP contribution is 2.18. The number of aryl methyl sites for hydroxylation is 1. The molecular weight excluding hydrogens is 280 g/mol. The summed E-state index contributed by atoms with van der Waals surface area (Å²) in [6.07, 6.45) is 5.29. The Balaban J connectivity index is 1.55. The minimum absolute atomic E-state index is 0.223. The largest absolute Gasteiger partial charge is 0.293 e. The number of carbonyl (C=O) groups is 1. The third-order valence-electron chi connectivity index (χ3n) is 3.33. The first-order valence-electron chi connectivity index (χ1n) is 6.97. The highest BCUT2D eigenvalue weighted by atomic mass is 32.1. The molecule has 3 rings (SSSR count). The maximum atomic E-state index is 11.9. The van der Waals surface area contributed by atoms with Crippen molar-refractivity contribution < 1.29 is 4.79 Å². The maximum Gasteiger partial charge on any atom is 0.172 e. The molecule has 0 amide bonds. The van der Waals surface area contributed by atoms with Crippen LogP contribution in [0.25, 0.3) is 11.1 Å². The summed E-state index contributed by atoms with van der Waals surface area (Å²) < 4.78 is 1.91. The van der Waals surface area contributed by atoms with E-state index in [0.717, 1.165) is 23.4 Å². The molecule has 0 saturated heterocycles. The van der Waals surface area contributed by atoms with Gasteiger partial charge in [0.2, 0.25) is 0 Å². The molecule has 0 spiro atoms. The van der Waals surface area contributed by atoms with Gasteiger partial charge < -0.3 is 0 Å². The van der Waals surface area contributed by atoms with Crippen LogP contribution in [-0.4, -0.2) is 15.6 Å². The molecule has 0 fully saturated rings. The normalized spacial score (nSPS) is 10.7. The fraction of sp³-hybridized carbons (Fsp3) is 0.176. The molecule has 106 valence electrons. The number of hydrogen-bond donors (Lipinski definition) is 0. The van der Waals surface area contributed by atoms with E-state index in [2.05, 4.69) is 17.2 Å². The summed E-state index contributed by atoms with van der Waals surface area (Å²) in [5, 5.41) is 6.30. The average molecular weight is 296 g/mol. The number of rotatable bonds is 6. The Hall–Kier alpha value is -2.20. The van der Waals surface area contributed by atoms with E-state index in [1.807, 2.05) is 52.8 Å². The molecule has 0 unspecified atom stereocenters. The van der Waals surface area contributed by atoms with Gasteiger partial charge in [-0.2, -0.15) is 5.10 Å². The van der Waals surface area contributed by atoms with E-state index in [9.17, 15) is 4.79 Å². The highest BCUT2D eigenvalue weighted by molar-refractivity contribution is 7.12. The molecule has 2 aromatic heterocycles. The fourth-order valence-electron chi connectivity index (χ4n) is 2.23. The van der Waals surface area contributed by atoms with Crippen LogP contribution in [0.15, 0.2) is 60.2 Å². The molecule has 0 saturated carbocycles. The molecule has 0 aliphatic carbocycles. The number of hydrogen-bond acceptors (Lipinski definition) is 3. The molecule has 21 heavy (non-hydrogen) atoms. The highest BCUT2D eigenvalue weighted by Gasteiger charge is 2.07. The van der Waals surface area contributed by atoms with Crippen molar-refractivity contribution in [2.75, 3.05) is 0 Å². The summed E-state index contributed by atoms with van der Waals surface area (Å²) in [5.41, 5.74) is 2.28. The molecule has 0 aliphatic heterocycles. The number of aromatic nitrogens is 2. The average Bonchev–Trinajstić information content (AvgIpc) is 3.20. The Labute approximate surface area is 127 Å². The Kier molecular flexibility index (Phi) is 4.26. The van der Waals surface area contributed by atoms with Crippen molar-refractivity contribution in [1.82, 2.24) is 9.78 Å². The van der Waals surface area contributed by atoms with Gasteiger partial charge in [-0.1, -0.05) is 36.4 Å². The first kappa shape index (κ1) is 13.8. The number of nitrogens with zero attached hydrogens (tertiary/aromatic N) is 2. The van der Waals surface area contributed by atoms with E-state index in [1.54, 1.807) is 0 Å². The van der Waals surface area contributed by atoms with Crippen LogP contribution < -0.4 is 0 Å². The van der Waals surface area contributed by atoms with Crippen LogP contribution in [0.3, 0.4) is 0 Å². The van der Waals surface area contributed by atoms with Crippen molar-refractivity contribution in [2.24, 2.45) is 0 Å². The van der Waals surface area contributed by atoms with Gasteiger partial charge in [-0.3, -0.25) is 9.48 Å². The Morgan fingerprint density at radius 1 is 1.10 bits per heavy atom. The molecule has 4 heteroatoms. The van der Waals surface area contributed by atoms with Crippen LogP contribution in [-0.2, 0) is 6.54 Å². The summed E-state index contributed by atoms with van der Waals surface area (Å²) in [7, 11) is 0. The fourth-order valence-corrected chi connectivity index (χ4v) is 2.92. The molecule has 0 radical (unpaired) electrons. The molecule has 1 aromatic carbocycles. The molecule has 0 N–H and O–H groups in total. The van der Waals surface area contributed by atoms with Gasteiger partial charge in [-0.15, -0.1) is 11.3 Å². The van der Waals surface area contributed by atoms with Crippen molar-refractivity contribution in [3.05, 3.63) is 65.1 Å². The van der Waals surface area contributed by atoms with Gasteiger partial charge in [-0.25, -0.2) is 0 Å². The summed E-state index contributed by atoms with van der Waals surface area (Å²) in [5.74, 6) is 0.223. The molecule has 0 atom stereocenters. The lowest BCUT2D eigenvalue weighted by Gasteiger charge is -2.00. The van der Waals surface area contributed by atoms with Crippen molar-refractivity contribution >= 4 is 17.1 Å². The predicted octanol–water partition coefficient (Wildman–Crippen LogP) is 4.27. The number of Topliss-reactive ketones (excluding diaryl/α,β-unsaturated/α-hetero) is 1. The van der Waals surface area contributed by atoms with Crippen molar-refractivity contribution in [3.63, 3.8) is 0 Å². The first-order chi connectivity index (χ1) is 10.3. The number of ketones is 1. The predicted molar refractivity (Wildman–Crippen MR) is 85.5 cm³/mol. The van der Waals surface area contributed by atoms with Gasteiger partial charge in [-0.05, 0) is 23.4 Å². The Bertz CT molecular complexity index is 701. The van der Waals surface area contributed by atoms with Crippen LogP contribution in [0.1, 0.15) is 22.5 Å². The smallest absolute Gasteiger partial charge is 0.172 e. The molecule has 0 bridgehead atoms. The van der Waals surface area contributed by atoms with E-state index >= 15 is 0 Å². The van der Waals surface area contributed by atoms with Crippen molar-refractivity contribution in [1.29, 1.82) is 0 Å². The molecule has 2 heterocycles. The van der Waals surface area contributed by atoms with Gasteiger partial charge in [0.05, 0.1) is 11.1 Å². The molecular formula is C17H16N2OS. The lowest BCUT2D eigenvalue weighted by atomic mass is 10.1. The van der Waals surface area contributed by atoms with Crippen LogP contribution in [0.4, 0.5) is 0 Å². The van der Waals surface area contributed by atoms with Crippen LogP contribution in [0.2, 0.25) is 0 Å². The van der Waals surface area contributed by atoms with Gasteiger partial charge in [0.25, 0.3) is 0 Å². The van der Waals surface area contributed by atoms with E-state index < -0.39 is 0 Å². The maximum absolute atomic E-state index is 11.9. The second kappa shape index (κ2) is 6.50. The van der Waals surface area contributed by atoms with Gasteiger partial charge in [0.1, 0.15) is 0 Å². The zero-order valence-corrected chi connectivity index (χ0v) is 12.4. The minimum atomic E-state index is 0.223. The van der Waals surface area contributed by atoms with Gasteiger partial charge in [0.15, 0.2) is 5.78 Å². The molecule has 0 aliphatic rings. The first-order valence-corrected chi connectivity index (χ1v) is 7.85. The molecule has 3 aromatic rings. The second-order valence-electron chi connectivity index (χ2n) is 4.86. The SMILES string of the molecule is O=C(CCCn1cc(-c2ccccc2)cn1)c1cccs1. The van der Waals surface area contributed by atoms with Crippen LogP contribution >= 0.6 is 11.3 Å².